The molecule has 0 aliphatic heterocycles. The number of halogens is 1. The van der Waals surface area contributed by atoms with Gasteiger partial charge in [0.25, 0.3) is 0 Å². The second-order valence-electron chi connectivity index (χ2n) is 5.34. The van der Waals surface area contributed by atoms with Crippen molar-refractivity contribution in [3.05, 3.63) is 50.7 Å². The van der Waals surface area contributed by atoms with Gasteiger partial charge in [-0.1, -0.05) is 42.4 Å². The topological polar surface area (TPSA) is 39.6 Å². The van der Waals surface area contributed by atoms with Gasteiger partial charge < -0.3 is 4.98 Å². The van der Waals surface area contributed by atoms with E-state index in [-0.39, 0.29) is 0 Å². The van der Waals surface area contributed by atoms with Crippen LogP contribution in [0.25, 0.3) is 11.1 Å². The number of hydrogen-bond acceptors (Lipinski definition) is 2. The van der Waals surface area contributed by atoms with Crippen molar-refractivity contribution in [2.45, 2.75) is 32.1 Å². The Kier molecular flexibility index (Phi) is 4.10. The Bertz CT molecular complexity index is 769. The molecule has 106 valence electrons. The van der Waals surface area contributed by atoms with Gasteiger partial charge in [-0.25, -0.2) is 0 Å². The molecule has 21 heavy (non-hydrogen) atoms. The summed E-state index contributed by atoms with van der Waals surface area (Å²) in [5, 5.41) is 10.2. The van der Waals surface area contributed by atoms with Crippen molar-refractivity contribution in [2.24, 2.45) is 0 Å². The minimum atomic E-state index is 0.545. The molecular weight excluding hydrogens is 300 g/mol. The van der Waals surface area contributed by atoms with Crippen molar-refractivity contribution in [1.29, 1.82) is 5.26 Å². The number of rotatable bonds is 1. The zero-order chi connectivity index (χ0) is 14.8. The highest BCUT2D eigenvalue weighted by Gasteiger charge is 2.19. The van der Waals surface area contributed by atoms with Gasteiger partial charge in [0.1, 0.15) is 10.7 Å². The lowest BCUT2D eigenvalue weighted by atomic mass is 9.92. The third-order valence-corrected chi connectivity index (χ3v) is 4.56. The van der Waals surface area contributed by atoms with Crippen LogP contribution in [0.4, 0.5) is 0 Å². The number of pyridine rings is 1. The second kappa shape index (κ2) is 6.01. The number of H-pyrrole nitrogens is 1. The normalized spacial score (nSPS) is 14.1. The molecule has 0 fully saturated rings. The Morgan fingerprint density at radius 2 is 1.81 bits per heavy atom. The van der Waals surface area contributed by atoms with Gasteiger partial charge in [-0.05, 0) is 48.9 Å². The molecule has 4 heteroatoms. The minimum Gasteiger partial charge on any atom is -0.349 e. The van der Waals surface area contributed by atoms with E-state index in [1.165, 1.54) is 24.1 Å². The van der Waals surface area contributed by atoms with E-state index in [2.05, 4.69) is 11.1 Å². The summed E-state index contributed by atoms with van der Waals surface area (Å²) >= 11 is 11.4. The maximum absolute atomic E-state index is 9.52. The maximum Gasteiger partial charge on any atom is 0.122 e. The largest absolute Gasteiger partial charge is 0.349 e. The number of hydrogen-bond donors (Lipinski definition) is 1. The molecule has 2 aromatic rings. The van der Waals surface area contributed by atoms with Gasteiger partial charge in [0.2, 0.25) is 0 Å². The number of aromatic nitrogens is 1. The zero-order valence-corrected chi connectivity index (χ0v) is 13.2. The molecule has 0 saturated carbocycles. The summed E-state index contributed by atoms with van der Waals surface area (Å²) in [7, 11) is 0. The fraction of sp³-hybridized carbons (Fsp3) is 0.294. The minimum absolute atomic E-state index is 0.545. The molecule has 3 rings (SSSR count). The molecule has 1 aliphatic rings. The first-order chi connectivity index (χ1) is 10.2. The highest BCUT2D eigenvalue weighted by atomic mass is 35.5. The van der Waals surface area contributed by atoms with E-state index in [9.17, 15) is 5.26 Å². The SMILES string of the molecule is N#Cc1c(-c2ccc(Cl)cc2)c2c([nH]c1=S)CCCCC2. The molecule has 0 amide bonds. The molecule has 0 unspecified atom stereocenters. The quantitative estimate of drug-likeness (QED) is 0.580. The summed E-state index contributed by atoms with van der Waals surface area (Å²) in [4.78, 5) is 3.28. The Morgan fingerprint density at radius 1 is 1.10 bits per heavy atom. The number of nitriles is 1. The van der Waals surface area contributed by atoms with Gasteiger partial charge in [0, 0.05) is 16.3 Å². The molecule has 1 aromatic carbocycles. The van der Waals surface area contributed by atoms with Gasteiger partial charge >= 0.3 is 0 Å². The summed E-state index contributed by atoms with van der Waals surface area (Å²) in [5.74, 6) is 0. The van der Waals surface area contributed by atoms with Crippen LogP contribution < -0.4 is 0 Å². The predicted molar refractivity (Wildman–Crippen MR) is 88.0 cm³/mol. The summed E-state index contributed by atoms with van der Waals surface area (Å²) in [6, 6.07) is 9.94. The fourth-order valence-electron chi connectivity index (χ4n) is 3.00. The van der Waals surface area contributed by atoms with Crippen LogP contribution in [0, 0.1) is 16.0 Å². The molecule has 0 radical (unpaired) electrons. The van der Waals surface area contributed by atoms with Crippen LogP contribution in [-0.2, 0) is 12.8 Å². The van der Waals surface area contributed by atoms with Crippen LogP contribution in [0.5, 0.6) is 0 Å². The van der Waals surface area contributed by atoms with Crippen molar-refractivity contribution in [3.8, 4) is 17.2 Å². The van der Waals surface area contributed by atoms with Crippen LogP contribution in [0.2, 0.25) is 5.02 Å². The second-order valence-corrected chi connectivity index (χ2v) is 6.19. The van der Waals surface area contributed by atoms with E-state index in [0.29, 0.717) is 15.2 Å². The molecule has 0 atom stereocenters. The Balaban J connectivity index is 2.31. The lowest BCUT2D eigenvalue weighted by Crippen LogP contribution is -2.03. The number of nitrogens with zero attached hydrogens (tertiary/aromatic N) is 1. The molecule has 1 aliphatic carbocycles. The monoisotopic (exact) mass is 314 g/mol. The molecular formula is C17H15ClN2S. The first-order valence-electron chi connectivity index (χ1n) is 7.15. The molecule has 1 heterocycles. The molecule has 0 bridgehead atoms. The van der Waals surface area contributed by atoms with Gasteiger partial charge in [-0.2, -0.15) is 5.26 Å². The van der Waals surface area contributed by atoms with E-state index in [0.717, 1.165) is 30.4 Å². The molecule has 0 spiro atoms. The predicted octanol–water partition coefficient (Wildman–Crippen LogP) is 5.21. The first-order valence-corrected chi connectivity index (χ1v) is 7.93. The number of fused-ring (bicyclic) bond motifs is 1. The van der Waals surface area contributed by atoms with Gasteiger partial charge in [-0.15, -0.1) is 0 Å². The van der Waals surface area contributed by atoms with Gasteiger partial charge in [0.15, 0.2) is 0 Å². The van der Waals surface area contributed by atoms with E-state index < -0.39 is 0 Å². The van der Waals surface area contributed by atoms with Crippen LogP contribution in [0.1, 0.15) is 36.1 Å². The summed E-state index contributed by atoms with van der Waals surface area (Å²) < 4.78 is 0.545. The van der Waals surface area contributed by atoms with Gasteiger partial charge in [0.05, 0.1) is 5.56 Å². The van der Waals surface area contributed by atoms with Crippen LogP contribution in [0.3, 0.4) is 0 Å². The van der Waals surface area contributed by atoms with Crippen molar-refractivity contribution in [3.63, 3.8) is 0 Å². The fourth-order valence-corrected chi connectivity index (χ4v) is 3.40. The lowest BCUT2D eigenvalue weighted by Gasteiger charge is -2.15. The summed E-state index contributed by atoms with van der Waals surface area (Å²) in [6.45, 7) is 0. The highest BCUT2D eigenvalue weighted by molar-refractivity contribution is 7.71. The Hall–Kier alpha value is -1.63. The van der Waals surface area contributed by atoms with Crippen molar-refractivity contribution in [2.75, 3.05) is 0 Å². The van der Waals surface area contributed by atoms with Gasteiger partial charge in [-0.3, -0.25) is 0 Å². The zero-order valence-electron chi connectivity index (χ0n) is 11.6. The Labute approximate surface area is 134 Å². The third kappa shape index (κ3) is 2.74. The van der Waals surface area contributed by atoms with Crippen LogP contribution in [0.15, 0.2) is 24.3 Å². The highest BCUT2D eigenvalue weighted by Crippen LogP contribution is 2.33. The van der Waals surface area contributed by atoms with E-state index in [4.69, 9.17) is 23.8 Å². The van der Waals surface area contributed by atoms with E-state index in [1.807, 2.05) is 24.3 Å². The number of aromatic amines is 1. The van der Waals surface area contributed by atoms with Crippen LogP contribution in [-0.4, -0.2) is 4.98 Å². The average molecular weight is 315 g/mol. The lowest BCUT2D eigenvalue weighted by molar-refractivity contribution is 0.708. The first kappa shape index (κ1) is 14.3. The maximum atomic E-state index is 9.52. The Morgan fingerprint density at radius 3 is 2.52 bits per heavy atom. The van der Waals surface area contributed by atoms with E-state index in [1.54, 1.807) is 0 Å². The number of aryl methyl sites for hydroxylation is 1. The molecule has 1 aromatic heterocycles. The average Bonchev–Trinajstić information content (AvgIpc) is 2.72. The summed E-state index contributed by atoms with van der Waals surface area (Å²) in [6.07, 6.45) is 5.55. The van der Waals surface area contributed by atoms with Crippen LogP contribution >= 0.6 is 23.8 Å². The molecule has 1 N–H and O–H groups in total. The van der Waals surface area contributed by atoms with E-state index >= 15 is 0 Å². The smallest absolute Gasteiger partial charge is 0.122 e. The third-order valence-electron chi connectivity index (χ3n) is 4.01. The van der Waals surface area contributed by atoms with Crippen molar-refractivity contribution in [1.82, 2.24) is 4.98 Å². The summed E-state index contributed by atoms with van der Waals surface area (Å²) in [5.41, 5.74) is 5.04. The van der Waals surface area contributed by atoms with Crippen molar-refractivity contribution >= 4 is 23.8 Å². The molecule has 0 saturated heterocycles. The molecule has 2 nitrogen and oxygen atoms in total. The van der Waals surface area contributed by atoms with Crippen molar-refractivity contribution < 1.29 is 0 Å². The number of benzene rings is 1. The number of nitrogens with one attached hydrogen (secondary N) is 1. The standard InChI is InChI=1S/C17H15ClN2S/c18-12-8-6-11(7-9-12)16-13-4-2-1-3-5-15(13)20-17(21)14(16)10-19/h6-9H,1-5H2,(H,20,21).